The van der Waals surface area contributed by atoms with Crippen molar-refractivity contribution in [2.45, 2.75) is 55.7 Å². The van der Waals surface area contributed by atoms with Gasteiger partial charge in [0, 0.05) is 17.5 Å². The van der Waals surface area contributed by atoms with E-state index in [9.17, 15) is 18.0 Å². The number of hydrogen-bond acceptors (Lipinski definition) is 4. The van der Waals surface area contributed by atoms with Crippen LogP contribution in [0.5, 0.6) is 0 Å². The number of rotatable bonds is 6. The minimum Gasteiger partial charge on any atom is -0.325 e. The van der Waals surface area contributed by atoms with Crippen LogP contribution >= 0.6 is 23.4 Å². The van der Waals surface area contributed by atoms with Crippen molar-refractivity contribution in [3.05, 3.63) is 34.6 Å². The third-order valence-electron chi connectivity index (χ3n) is 4.20. The zero-order chi connectivity index (χ0) is 19.8. The second kappa shape index (κ2) is 7.71. The van der Waals surface area contributed by atoms with Crippen LogP contribution in [0.3, 0.4) is 0 Å². The molecule has 0 aliphatic heterocycles. The van der Waals surface area contributed by atoms with Gasteiger partial charge in [-0.25, -0.2) is 0 Å². The molecule has 146 valence electrons. The minimum atomic E-state index is -4.62. The second-order valence-electron chi connectivity index (χ2n) is 6.30. The molecule has 5 nitrogen and oxygen atoms in total. The van der Waals surface area contributed by atoms with Gasteiger partial charge in [0.15, 0.2) is 5.16 Å². The Morgan fingerprint density at radius 3 is 2.70 bits per heavy atom. The van der Waals surface area contributed by atoms with Gasteiger partial charge in [-0.3, -0.25) is 4.79 Å². The Balaban J connectivity index is 1.74. The number of nitrogens with zero attached hydrogens (tertiary/aromatic N) is 3. The summed E-state index contributed by atoms with van der Waals surface area (Å²) in [6.07, 6.45) is -2.46. The largest absolute Gasteiger partial charge is 0.418 e. The van der Waals surface area contributed by atoms with Gasteiger partial charge in [-0.05, 0) is 44.9 Å². The molecule has 1 amide bonds. The summed E-state index contributed by atoms with van der Waals surface area (Å²) in [6.45, 7) is 4.26. The van der Waals surface area contributed by atoms with E-state index in [1.165, 1.54) is 17.8 Å². The number of benzene rings is 1. The van der Waals surface area contributed by atoms with E-state index < -0.39 is 22.9 Å². The van der Waals surface area contributed by atoms with Crippen LogP contribution in [-0.2, 0) is 17.5 Å². The molecule has 1 aromatic heterocycles. The van der Waals surface area contributed by atoms with Crippen molar-refractivity contribution in [1.29, 1.82) is 0 Å². The number of nitrogens with one attached hydrogen (secondary N) is 1. The van der Waals surface area contributed by atoms with Crippen LogP contribution in [0, 0.1) is 0 Å². The van der Waals surface area contributed by atoms with Crippen molar-refractivity contribution < 1.29 is 18.0 Å². The Morgan fingerprint density at radius 1 is 1.41 bits per heavy atom. The van der Waals surface area contributed by atoms with Crippen LogP contribution in [0.25, 0.3) is 0 Å². The van der Waals surface area contributed by atoms with E-state index in [4.69, 9.17) is 11.6 Å². The van der Waals surface area contributed by atoms with Crippen LogP contribution in [-0.4, -0.2) is 25.9 Å². The number of hydrogen-bond donors (Lipinski definition) is 1. The van der Waals surface area contributed by atoms with Crippen LogP contribution in [0.15, 0.2) is 23.4 Å². The van der Waals surface area contributed by atoms with Gasteiger partial charge >= 0.3 is 6.18 Å². The molecule has 1 aliphatic carbocycles. The lowest BCUT2D eigenvalue weighted by atomic mass is 10.1. The fourth-order valence-electron chi connectivity index (χ4n) is 2.63. The Kier molecular flexibility index (Phi) is 5.71. The number of halogens is 4. The summed E-state index contributed by atoms with van der Waals surface area (Å²) in [5.74, 6) is 0.774. The molecular weight excluding hydrogens is 401 g/mol. The Bertz CT molecular complexity index is 851. The molecule has 1 saturated carbocycles. The van der Waals surface area contributed by atoms with E-state index in [2.05, 4.69) is 15.5 Å². The number of carbonyl (C=O) groups excluding carboxylic acids is 1. The van der Waals surface area contributed by atoms with Gasteiger partial charge in [-0.15, -0.1) is 10.2 Å². The van der Waals surface area contributed by atoms with Crippen molar-refractivity contribution in [1.82, 2.24) is 14.8 Å². The second-order valence-corrected chi connectivity index (χ2v) is 8.04. The molecule has 1 N–H and O–H groups in total. The Morgan fingerprint density at radius 2 is 2.11 bits per heavy atom. The zero-order valence-electron chi connectivity index (χ0n) is 14.7. The fourth-order valence-corrected chi connectivity index (χ4v) is 3.73. The fraction of sp³-hybridized carbons (Fsp3) is 0.471. The molecule has 10 heteroatoms. The smallest absolute Gasteiger partial charge is 0.325 e. The maximum atomic E-state index is 13.2. The van der Waals surface area contributed by atoms with E-state index in [1.54, 1.807) is 6.92 Å². The molecular formula is C17H18ClF3N4OS. The first-order valence-corrected chi connectivity index (χ1v) is 9.73. The van der Waals surface area contributed by atoms with Gasteiger partial charge in [0.1, 0.15) is 5.82 Å². The maximum Gasteiger partial charge on any atom is 0.418 e. The van der Waals surface area contributed by atoms with Crippen LogP contribution in [0.4, 0.5) is 18.9 Å². The maximum absolute atomic E-state index is 13.2. The quantitative estimate of drug-likeness (QED) is 0.673. The average molecular weight is 419 g/mol. The monoisotopic (exact) mass is 418 g/mol. The SMILES string of the molecule is CCn1c(SC(C)C(=O)Nc2ccc(Cl)cc2C(F)(F)F)nnc1C1CC1. The van der Waals surface area contributed by atoms with Crippen molar-refractivity contribution in [2.75, 3.05) is 5.32 Å². The lowest BCUT2D eigenvalue weighted by Crippen LogP contribution is -2.24. The van der Waals surface area contributed by atoms with Crippen molar-refractivity contribution in [2.24, 2.45) is 0 Å². The van der Waals surface area contributed by atoms with E-state index in [1.807, 2.05) is 11.5 Å². The molecule has 3 rings (SSSR count). The summed E-state index contributed by atoms with van der Waals surface area (Å²) in [4.78, 5) is 12.4. The summed E-state index contributed by atoms with van der Waals surface area (Å²) in [5.41, 5.74) is -1.30. The highest BCUT2D eigenvalue weighted by molar-refractivity contribution is 8.00. The summed E-state index contributed by atoms with van der Waals surface area (Å²) in [5, 5.41) is 10.6. The van der Waals surface area contributed by atoms with Gasteiger partial charge in [-0.2, -0.15) is 13.2 Å². The first-order chi connectivity index (χ1) is 12.7. The Labute approximate surface area is 163 Å². The van der Waals surface area contributed by atoms with Gasteiger partial charge < -0.3 is 9.88 Å². The normalized spacial score (nSPS) is 15.6. The lowest BCUT2D eigenvalue weighted by molar-refractivity contribution is -0.137. The predicted molar refractivity (Wildman–Crippen MR) is 98.1 cm³/mol. The number of amides is 1. The molecule has 1 atom stereocenters. The first-order valence-electron chi connectivity index (χ1n) is 8.48. The van der Waals surface area contributed by atoms with Gasteiger partial charge in [0.25, 0.3) is 0 Å². The van der Waals surface area contributed by atoms with E-state index in [0.717, 1.165) is 30.8 Å². The van der Waals surface area contributed by atoms with Crippen molar-refractivity contribution >= 4 is 35.0 Å². The average Bonchev–Trinajstić information content (AvgIpc) is 3.36. The molecule has 0 saturated heterocycles. The molecule has 0 radical (unpaired) electrons. The standard InChI is InChI=1S/C17H18ClF3N4OS/c1-3-25-14(10-4-5-10)23-24-16(25)27-9(2)15(26)22-13-7-6-11(18)8-12(13)17(19,20)21/h6-10H,3-5H2,1-2H3,(H,22,26). The highest BCUT2D eigenvalue weighted by Crippen LogP contribution is 2.40. The van der Waals surface area contributed by atoms with Gasteiger partial charge in [0.05, 0.1) is 16.5 Å². The predicted octanol–water partition coefficient (Wildman–Crippen LogP) is 4.97. The van der Waals surface area contributed by atoms with Crippen LogP contribution < -0.4 is 5.32 Å². The lowest BCUT2D eigenvalue weighted by Gasteiger charge is -2.16. The third-order valence-corrected chi connectivity index (χ3v) is 5.52. The van der Waals surface area contributed by atoms with Crippen molar-refractivity contribution in [3.63, 3.8) is 0 Å². The molecule has 1 fully saturated rings. The molecule has 2 aromatic rings. The highest BCUT2D eigenvalue weighted by atomic mass is 35.5. The van der Waals surface area contributed by atoms with E-state index >= 15 is 0 Å². The minimum absolute atomic E-state index is 0.0496. The molecule has 1 aromatic carbocycles. The van der Waals surface area contributed by atoms with E-state index in [-0.39, 0.29) is 10.7 Å². The zero-order valence-corrected chi connectivity index (χ0v) is 16.3. The molecule has 1 unspecified atom stereocenters. The summed E-state index contributed by atoms with van der Waals surface area (Å²) < 4.78 is 41.5. The van der Waals surface area contributed by atoms with Crippen LogP contribution in [0.2, 0.25) is 5.02 Å². The summed E-state index contributed by atoms with van der Waals surface area (Å²) in [7, 11) is 0. The number of aromatic nitrogens is 3. The number of carbonyl (C=O) groups is 1. The Hall–Kier alpha value is -1.74. The summed E-state index contributed by atoms with van der Waals surface area (Å²) in [6, 6.07) is 3.25. The number of thioether (sulfide) groups is 1. The van der Waals surface area contributed by atoms with Gasteiger partial charge in [-0.1, -0.05) is 23.4 Å². The topological polar surface area (TPSA) is 59.8 Å². The molecule has 27 heavy (non-hydrogen) atoms. The van der Waals surface area contributed by atoms with Crippen LogP contribution in [0.1, 0.15) is 44.0 Å². The molecule has 1 heterocycles. The molecule has 1 aliphatic rings. The highest BCUT2D eigenvalue weighted by Gasteiger charge is 2.35. The van der Waals surface area contributed by atoms with Crippen molar-refractivity contribution in [3.8, 4) is 0 Å². The molecule has 0 spiro atoms. The van der Waals surface area contributed by atoms with Gasteiger partial charge in [0.2, 0.25) is 5.91 Å². The number of anilines is 1. The number of alkyl halides is 3. The first kappa shape index (κ1) is 20.0. The van der Waals surface area contributed by atoms with E-state index in [0.29, 0.717) is 17.6 Å². The summed E-state index contributed by atoms with van der Waals surface area (Å²) >= 11 is 6.84. The third kappa shape index (κ3) is 4.57. The molecule has 0 bridgehead atoms.